The zero-order valence-electron chi connectivity index (χ0n) is 61.5. The Bertz CT molecular complexity index is 6320. The summed E-state index contributed by atoms with van der Waals surface area (Å²) in [5.41, 5.74) is 43.8. The molecule has 0 saturated carbocycles. The van der Waals surface area contributed by atoms with Gasteiger partial charge in [-0.15, -0.1) is 0 Å². The van der Waals surface area contributed by atoms with Crippen molar-refractivity contribution in [1.29, 1.82) is 0 Å². The lowest BCUT2D eigenvalue weighted by molar-refractivity contribution is 0.660. The largest absolute Gasteiger partial charge is 0.310 e. The fourth-order valence-corrected chi connectivity index (χ4v) is 20.0. The normalized spacial score (nSPS) is 14.5. The molecular weight excluding hydrogens is 1300 g/mol. The molecule has 2 heteroatoms. The zero-order chi connectivity index (χ0) is 72.4. The summed E-state index contributed by atoms with van der Waals surface area (Å²) in [7, 11) is 0. The Kier molecular flexibility index (Phi) is 14.0. The molecule has 0 aromatic heterocycles. The molecule has 1 spiro atoms. The molecule has 16 aromatic carbocycles. The van der Waals surface area contributed by atoms with Gasteiger partial charge in [-0.2, -0.15) is 0 Å². The zero-order valence-corrected chi connectivity index (χ0v) is 61.5. The third kappa shape index (κ3) is 9.26. The maximum absolute atomic E-state index is 2.59. The number of hydrogen-bond acceptors (Lipinski definition) is 2. The van der Waals surface area contributed by atoms with Crippen molar-refractivity contribution in [2.24, 2.45) is 0 Å². The van der Waals surface area contributed by atoms with Gasteiger partial charge in [0.05, 0.1) is 16.8 Å². The quantitative estimate of drug-likeness (QED) is 0.127. The van der Waals surface area contributed by atoms with Crippen LogP contribution in [0.5, 0.6) is 0 Å². The molecule has 0 aliphatic heterocycles. The summed E-state index contributed by atoms with van der Waals surface area (Å²) in [5.74, 6) is 0. The molecule has 0 radical (unpaired) electrons. The Morgan fingerprint density at radius 1 is 0.167 bits per heavy atom. The first-order valence-corrected chi connectivity index (χ1v) is 38.2. The molecule has 2 nitrogen and oxygen atoms in total. The Morgan fingerprint density at radius 3 is 1.03 bits per heavy atom. The predicted molar refractivity (Wildman–Crippen MR) is 452 cm³/mol. The highest BCUT2D eigenvalue weighted by Gasteiger charge is 2.54. The molecule has 0 N–H and O–H groups in total. The molecule has 512 valence electrons. The minimum absolute atomic E-state index is 0.0780. The van der Waals surface area contributed by atoms with Crippen molar-refractivity contribution in [3.8, 4) is 111 Å². The molecule has 5 aliphatic rings. The van der Waals surface area contributed by atoms with E-state index >= 15 is 0 Å². The average molecular weight is 1380 g/mol. The SMILES string of the molecule is CC1(C)c2ccccc2-c2ccc(-c3ccc(N(c4ccc(-c5ccc6c(c5)C(C)(C)c5c(-c7ccc8c(c7)C7(c9ccccc9-c9ccccc97)c7c-8cccc7N(c7ccc(-c8ccccc8)cc7)c7ccc8c(c7)C(C)(C)c7ccccc7-8)cccc5-6)cc4)c4ccccc4-c4ccccc4)cc3)cc21. The molecule has 108 heavy (non-hydrogen) atoms. The van der Waals surface area contributed by atoms with Crippen molar-refractivity contribution in [2.75, 3.05) is 9.80 Å². The number of hydrogen-bond donors (Lipinski definition) is 0. The molecule has 0 atom stereocenters. The number of para-hydroxylation sites is 1. The lowest BCUT2D eigenvalue weighted by atomic mass is 9.69. The maximum atomic E-state index is 2.59. The Balaban J connectivity index is 0.661. The molecule has 16 aromatic rings. The second kappa shape index (κ2) is 23.8. The number of nitrogens with zero attached hydrogens (tertiary/aromatic N) is 2. The van der Waals surface area contributed by atoms with Crippen LogP contribution in [0.1, 0.15) is 97.2 Å². The van der Waals surface area contributed by atoms with Gasteiger partial charge in [0.2, 0.25) is 0 Å². The van der Waals surface area contributed by atoms with Crippen molar-refractivity contribution in [3.05, 3.63) is 420 Å². The molecule has 21 rings (SSSR count). The van der Waals surface area contributed by atoms with Crippen LogP contribution in [-0.4, -0.2) is 0 Å². The van der Waals surface area contributed by atoms with Gasteiger partial charge in [0, 0.05) is 50.1 Å². The Labute approximate surface area is 633 Å². The Morgan fingerprint density at radius 2 is 0.481 bits per heavy atom. The van der Waals surface area contributed by atoms with E-state index in [0.717, 1.165) is 28.4 Å². The summed E-state index contributed by atoms with van der Waals surface area (Å²) in [5, 5.41) is 0. The van der Waals surface area contributed by atoms with Crippen LogP contribution in [0.25, 0.3) is 111 Å². The summed E-state index contributed by atoms with van der Waals surface area (Å²) in [6.45, 7) is 14.4. The highest BCUT2D eigenvalue weighted by molar-refractivity contribution is 6.02. The van der Waals surface area contributed by atoms with E-state index < -0.39 is 5.41 Å². The summed E-state index contributed by atoms with van der Waals surface area (Å²) in [4.78, 5) is 5.01. The van der Waals surface area contributed by atoms with Crippen LogP contribution in [0, 0.1) is 0 Å². The molecule has 0 fully saturated rings. The van der Waals surface area contributed by atoms with Crippen molar-refractivity contribution >= 4 is 34.1 Å². The van der Waals surface area contributed by atoms with Crippen LogP contribution >= 0.6 is 0 Å². The average Bonchev–Trinajstić information content (AvgIpc) is 1.50. The highest BCUT2D eigenvalue weighted by atomic mass is 15.2. The van der Waals surface area contributed by atoms with E-state index in [9.17, 15) is 0 Å². The number of anilines is 6. The molecule has 0 heterocycles. The summed E-state index contributed by atoms with van der Waals surface area (Å²) >= 11 is 0. The number of rotatable bonds is 11. The molecule has 0 unspecified atom stereocenters. The second-order valence-electron chi connectivity index (χ2n) is 31.8. The Hall–Kier alpha value is -12.9. The van der Waals surface area contributed by atoms with Crippen LogP contribution in [0.4, 0.5) is 34.1 Å². The minimum Gasteiger partial charge on any atom is -0.310 e. The molecule has 0 bridgehead atoms. The summed E-state index contributed by atoms with van der Waals surface area (Å²) in [6.07, 6.45) is 0. The van der Waals surface area contributed by atoms with Gasteiger partial charge in [0.15, 0.2) is 0 Å². The van der Waals surface area contributed by atoms with Crippen LogP contribution in [0.2, 0.25) is 0 Å². The van der Waals surface area contributed by atoms with Crippen LogP contribution < -0.4 is 9.80 Å². The van der Waals surface area contributed by atoms with Crippen molar-refractivity contribution in [2.45, 2.75) is 63.2 Å². The van der Waals surface area contributed by atoms with E-state index in [1.807, 2.05) is 0 Å². The van der Waals surface area contributed by atoms with Gasteiger partial charge in [-0.25, -0.2) is 0 Å². The van der Waals surface area contributed by atoms with Gasteiger partial charge in [-0.05, 0) is 235 Å². The molecule has 5 aliphatic carbocycles. The molecular formula is C106H78N2. The van der Waals surface area contributed by atoms with Gasteiger partial charge in [-0.3, -0.25) is 0 Å². The van der Waals surface area contributed by atoms with Gasteiger partial charge >= 0.3 is 0 Å². The van der Waals surface area contributed by atoms with Crippen LogP contribution in [-0.2, 0) is 21.7 Å². The first-order valence-electron chi connectivity index (χ1n) is 38.2. The first kappa shape index (κ1) is 63.6. The van der Waals surface area contributed by atoms with Gasteiger partial charge in [0.25, 0.3) is 0 Å². The standard InChI is InChI=1S/C106H78N2/c1-103(2)91-37-18-13-30-81(91)85-59-49-72(63-95(85)103)69-45-54-75(55-46-69)107(99-41-22-17-29-79(99)71-27-11-8-12-28-71)76-56-47-70(48-57-76)73-50-60-87-89-35-23-34-80(101(89)105(5,6)96(87)64-73)74-51-61-88-90-36-24-42-100(102(90)106(98(88)65-74)93-39-20-15-32-83(93)84-33-16-21-40-94(84)106)108(77-52-43-68(44-53-77)67-25-9-7-10-26-67)78-58-62-86-82-31-14-19-38-92(82)104(3,4)97(86)66-78/h7-66H,1-6H3. The minimum atomic E-state index is -0.679. The smallest absolute Gasteiger partial charge is 0.0746 e. The van der Waals surface area contributed by atoms with E-state index in [2.05, 4.69) is 415 Å². The second-order valence-corrected chi connectivity index (χ2v) is 31.8. The highest BCUT2D eigenvalue weighted by Crippen LogP contribution is 2.67. The van der Waals surface area contributed by atoms with E-state index in [1.54, 1.807) is 0 Å². The number of fused-ring (bicyclic) bond motifs is 19. The van der Waals surface area contributed by atoms with E-state index in [4.69, 9.17) is 0 Å². The molecule has 0 saturated heterocycles. The summed E-state index contributed by atoms with van der Waals surface area (Å²) < 4.78 is 0. The van der Waals surface area contributed by atoms with Crippen LogP contribution in [0.3, 0.4) is 0 Å². The fourth-order valence-electron chi connectivity index (χ4n) is 20.0. The van der Waals surface area contributed by atoms with Gasteiger partial charge in [0.1, 0.15) is 0 Å². The monoisotopic (exact) mass is 1380 g/mol. The fraction of sp³-hybridized carbons (Fsp3) is 0.0943. The maximum Gasteiger partial charge on any atom is 0.0746 e. The van der Waals surface area contributed by atoms with Crippen LogP contribution in [0.15, 0.2) is 364 Å². The third-order valence-corrected chi connectivity index (χ3v) is 25.1. The first-order chi connectivity index (χ1) is 52.8. The van der Waals surface area contributed by atoms with E-state index in [0.29, 0.717) is 0 Å². The van der Waals surface area contributed by atoms with E-state index in [-0.39, 0.29) is 16.2 Å². The van der Waals surface area contributed by atoms with Gasteiger partial charge in [-0.1, -0.05) is 327 Å². The van der Waals surface area contributed by atoms with Crippen molar-refractivity contribution in [3.63, 3.8) is 0 Å². The lowest BCUT2D eigenvalue weighted by Crippen LogP contribution is -2.28. The lowest BCUT2D eigenvalue weighted by Gasteiger charge is -2.36. The molecule has 0 amide bonds. The van der Waals surface area contributed by atoms with Gasteiger partial charge < -0.3 is 9.80 Å². The van der Waals surface area contributed by atoms with Crippen molar-refractivity contribution in [1.82, 2.24) is 0 Å². The van der Waals surface area contributed by atoms with Crippen molar-refractivity contribution < 1.29 is 0 Å². The summed E-state index contributed by atoms with van der Waals surface area (Å²) in [6, 6.07) is 138. The third-order valence-electron chi connectivity index (χ3n) is 25.1. The topological polar surface area (TPSA) is 6.48 Å². The van der Waals surface area contributed by atoms with E-state index in [1.165, 1.54) is 173 Å². The number of benzene rings is 16. The predicted octanol–water partition coefficient (Wildman–Crippen LogP) is 28.2.